The van der Waals surface area contributed by atoms with E-state index in [4.69, 9.17) is 9.47 Å². The molecule has 6 nitrogen and oxygen atoms in total. The summed E-state index contributed by atoms with van der Waals surface area (Å²) in [6, 6.07) is 8.01. The highest BCUT2D eigenvalue weighted by atomic mass is 127. The fraction of sp³-hybridized carbons (Fsp3) is 0.588. The molecule has 7 heteroatoms. The molecule has 0 saturated carbocycles. The summed E-state index contributed by atoms with van der Waals surface area (Å²) in [6.45, 7) is 9.18. The number of nitrogens with zero attached hydrogens (tertiary/aromatic N) is 2. The van der Waals surface area contributed by atoms with Crippen molar-refractivity contribution >= 4 is 29.9 Å². The molecule has 0 spiro atoms. The van der Waals surface area contributed by atoms with Crippen molar-refractivity contribution in [3.63, 3.8) is 0 Å². The molecule has 0 radical (unpaired) electrons. The summed E-state index contributed by atoms with van der Waals surface area (Å²) in [5, 5.41) is 6.68. The van der Waals surface area contributed by atoms with E-state index in [1.54, 1.807) is 7.11 Å². The third-order valence-electron chi connectivity index (χ3n) is 3.75. The van der Waals surface area contributed by atoms with Crippen molar-refractivity contribution in [1.29, 1.82) is 0 Å². The number of halogens is 1. The summed E-state index contributed by atoms with van der Waals surface area (Å²) in [5.41, 5.74) is 1.16. The maximum absolute atomic E-state index is 5.36. The monoisotopic (exact) mass is 448 g/mol. The van der Waals surface area contributed by atoms with E-state index in [-0.39, 0.29) is 24.0 Å². The van der Waals surface area contributed by atoms with Crippen molar-refractivity contribution in [1.82, 2.24) is 15.5 Å². The summed E-state index contributed by atoms with van der Waals surface area (Å²) in [6.07, 6.45) is 0. The van der Waals surface area contributed by atoms with Gasteiger partial charge in [-0.1, -0.05) is 12.1 Å². The Balaban J connectivity index is 0.00000288. The van der Waals surface area contributed by atoms with Gasteiger partial charge in [-0.2, -0.15) is 0 Å². The molecule has 1 aromatic carbocycles. The van der Waals surface area contributed by atoms with E-state index < -0.39 is 0 Å². The number of rotatable bonds is 7. The molecule has 24 heavy (non-hydrogen) atoms. The number of ether oxygens (including phenoxy) is 2. The van der Waals surface area contributed by atoms with Gasteiger partial charge >= 0.3 is 0 Å². The number of guanidine groups is 1. The van der Waals surface area contributed by atoms with Crippen LogP contribution in [0.5, 0.6) is 5.75 Å². The zero-order valence-corrected chi connectivity index (χ0v) is 16.9. The lowest BCUT2D eigenvalue weighted by molar-refractivity contribution is 0.0389. The Kier molecular flexibility index (Phi) is 10.8. The van der Waals surface area contributed by atoms with Gasteiger partial charge in [-0.25, -0.2) is 4.99 Å². The maximum Gasteiger partial charge on any atom is 0.191 e. The van der Waals surface area contributed by atoms with E-state index in [1.807, 2.05) is 24.3 Å². The average Bonchev–Trinajstić information content (AvgIpc) is 2.61. The number of hydrogen-bond acceptors (Lipinski definition) is 4. The van der Waals surface area contributed by atoms with Crippen LogP contribution in [0, 0.1) is 0 Å². The Labute approximate surface area is 162 Å². The Morgan fingerprint density at radius 3 is 2.54 bits per heavy atom. The van der Waals surface area contributed by atoms with Gasteiger partial charge in [0.15, 0.2) is 5.96 Å². The van der Waals surface area contributed by atoms with Crippen LogP contribution in [0.4, 0.5) is 0 Å². The molecule has 1 saturated heterocycles. The van der Waals surface area contributed by atoms with E-state index in [0.29, 0.717) is 6.54 Å². The summed E-state index contributed by atoms with van der Waals surface area (Å²) in [4.78, 5) is 7.04. The van der Waals surface area contributed by atoms with Crippen LogP contribution in [-0.2, 0) is 11.3 Å². The minimum Gasteiger partial charge on any atom is -0.497 e. The molecule has 1 aliphatic heterocycles. The third-order valence-corrected chi connectivity index (χ3v) is 3.75. The second-order valence-electron chi connectivity index (χ2n) is 5.42. The summed E-state index contributed by atoms with van der Waals surface area (Å²) in [7, 11) is 1.68. The Morgan fingerprint density at radius 1 is 1.21 bits per heavy atom. The Morgan fingerprint density at radius 2 is 1.92 bits per heavy atom. The first-order chi connectivity index (χ1) is 11.3. The molecule has 2 N–H and O–H groups in total. The van der Waals surface area contributed by atoms with Crippen molar-refractivity contribution in [3.05, 3.63) is 29.8 Å². The molecule has 1 heterocycles. The highest BCUT2D eigenvalue weighted by molar-refractivity contribution is 14.0. The van der Waals surface area contributed by atoms with Crippen LogP contribution >= 0.6 is 24.0 Å². The molecular formula is C17H29IN4O2. The second kappa shape index (κ2) is 12.3. The molecule has 0 aliphatic carbocycles. The van der Waals surface area contributed by atoms with Crippen LogP contribution in [-0.4, -0.2) is 63.9 Å². The van der Waals surface area contributed by atoms with Gasteiger partial charge in [0.25, 0.3) is 0 Å². The number of hydrogen-bond donors (Lipinski definition) is 2. The quantitative estimate of drug-likeness (QED) is 0.378. The average molecular weight is 448 g/mol. The number of methoxy groups -OCH3 is 1. The highest BCUT2D eigenvalue weighted by Gasteiger charge is 2.09. The van der Waals surface area contributed by atoms with Gasteiger partial charge in [-0.05, 0) is 24.6 Å². The van der Waals surface area contributed by atoms with E-state index in [2.05, 4.69) is 27.4 Å². The van der Waals surface area contributed by atoms with Crippen molar-refractivity contribution in [2.45, 2.75) is 13.5 Å². The predicted octanol–water partition coefficient (Wildman–Crippen LogP) is 1.70. The van der Waals surface area contributed by atoms with Gasteiger partial charge in [0.1, 0.15) is 5.75 Å². The van der Waals surface area contributed by atoms with Gasteiger partial charge in [0.2, 0.25) is 0 Å². The lowest BCUT2D eigenvalue weighted by atomic mass is 10.2. The van der Waals surface area contributed by atoms with Crippen LogP contribution < -0.4 is 15.4 Å². The van der Waals surface area contributed by atoms with Crippen LogP contribution in [0.25, 0.3) is 0 Å². The van der Waals surface area contributed by atoms with Gasteiger partial charge < -0.3 is 20.1 Å². The third kappa shape index (κ3) is 7.67. The first-order valence-electron chi connectivity index (χ1n) is 8.27. The molecule has 0 unspecified atom stereocenters. The highest BCUT2D eigenvalue weighted by Crippen LogP contribution is 2.11. The topological polar surface area (TPSA) is 58.1 Å². The van der Waals surface area contributed by atoms with E-state index in [9.17, 15) is 0 Å². The number of nitrogens with one attached hydrogen (secondary N) is 2. The summed E-state index contributed by atoms with van der Waals surface area (Å²) >= 11 is 0. The molecule has 1 fully saturated rings. The van der Waals surface area contributed by atoms with Gasteiger partial charge in [-0.3, -0.25) is 4.90 Å². The first-order valence-corrected chi connectivity index (χ1v) is 8.27. The fourth-order valence-electron chi connectivity index (χ4n) is 2.40. The van der Waals surface area contributed by atoms with E-state index >= 15 is 0 Å². The minimum absolute atomic E-state index is 0. The van der Waals surface area contributed by atoms with Crippen molar-refractivity contribution in [2.24, 2.45) is 4.99 Å². The number of benzene rings is 1. The smallest absolute Gasteiger partial charge is 0.191 e. The van der Waals surface area contributed by atoms with Gasteiger partial charge in [0, 0.05) is 32.7 Å². The minimum atomic E-state index is 0. The summed E-state index contributed by atoms with van der Waals surface area (Å²) < 4.78 is 10.5. The molecular weight excluding hydrogens is 419 g/mol. The van der Waals surface area contributed by atoms with Crippen LogP contribution in [0.2, 0.25) is 0 Å². The second-order valence-corrected chi connectivity index (χ2v) is 5.42. The van der Waals surface area contributed by atoms with Crippen molar-refractivity contribution in [3.8, 4) is 5.75 Å². The lowest BCUT2D eigenvalue weighted by Crippen LogP contribution is -2.44. The molecule has 0 amide bonds. The van der Waals surface area contributed by atoms with Crippen molar-refractivity contribution < 1.29 is 9.47 Å². The van der Waals surface area contributed by atoms with E-state index in [0.717, 1.165) is 63.2 Å². The Hall–Kier alpha value is -1.06. The SMILES string of the molecule is CCNC(=NCc1ccc(OC)cc1)NCCN1CCOCC1.I. The van der Waals surface area contributed by atoms with Gasteiger partial charge in [-0.15, -0.1) is 24.0 Å². The molecule has 1 aliphatic rings. The van der Waals surface area contributed by atoms with Crippen LogP contribution in [0.3, 0.4) is 0 Å². The predicted molar refractivity (Wildman–Crippen MR) is 108 cm³/mol. The normalized spacial score (nSPS) is 15.5. The number of morpholine rings is 1. The maximum atomic E-state index is 5.36. The standard InChI is InChI=1S/C17H28N4O2.HI/c1-3-18-17(19-8-9-21-10-12-23-13-11-21)20-14-15-4-6-16(22-2)7-5-15;/h4-7H,3,8-14H2,1-2H3,(H2,18,19,20);1H. The van der Waals surface area contributed by atoms with E-state index in [1.165, 1.54) is 0 Å². The zero-order chi connectivity index (χ0) is 16.3. The number of aliphatic imine (C=N–C) groups is 1. The van der Waals surface area contributed by atoms with Gasteiger partial charge in [0.05, 0.1) is 26.9 Å². The van der Waals surface area contributed by atoms with Crippen molar-refractivity contribution in [2.75, 3.05) is 53.0 Å². The Bertz CT molecular complexity index is 476. The first kappa shape index (κ1) is 21.0. The largest absolute Gasteiger partial charge is 0.497 e. The molecule has 0 atom stereocenters. The zero-order valence-electron chi connectivity index (χ0n) is 14.6. The molecule has 2 rings (SSSR count). The molecule has 0 bridgehead atoms. The molecule has 1 aromatic rings. The molecule has 136 valence electrons. The van der Waals surface area contributed by atoms with Crippen LogP contribution in [0.15, 0.2) is 29.3 Å². The summed E-state index contributed by atoms with van der Waals surface area (Å²) in [5.74, 6) is 1.73. The van der Waals surface area contributed by atoms with Crippen LogP contribution in [0.1, 0.15) is 12.5 Å². The fourth-order valence-corrected chi connectivity index (χ4v) is 2.40. The molecule has 0 aromatic heterocycles. The lowest BCUT2D eigenvalue weighted by Gasteiger charge is -2.26.